The predicted octanol–water partition coefficient (Wildman–Crippen LogP) is 5.04. The fraction of sp³-hybridized carbons (Fsp3) is 0.500. The van der Waals surface area contributed by atoms with Gasteiger partial charge in [0, 0.05) is 16.5 Å². The van der Waals surface area contributed by atoms with Crippen LogP contribution in [-0.2, 0) is 11.8 Å². The minimum Gasteiger partial charge on any atom is -0.339 e. The molecule has 1 aromatic carbocycles. The third kappa shape index (κ3) is 2.95. The molecule has 0 radical (unpaired) electrons. The highest BCUT2D eigenvalue weighted by Gasteiger charge is 2.51. The molecule has 0 aliphatic heterocycles. The van der Waals surface area contributed by atoms with Crippen LogP contribution in [0.3, 0.4) is 0 Å². The van der Waals surface area contributed by atoms with Crippen molar-refractivity contribution >= 4 is 23.2 Å². The molecule has 2 aromatic rings. The molecule has 112 valence electrons. The van der Waals surface area contributed by atoms with Gasteiger partial charge in [-0.25, -0.2) is 0 Å². The minimum absolute atomic E-state index is 0.123. The van der Waals surface area contributed by atoms with Crippen molar-refractivity contribution in [2.24, 2.45) is 5.41 Å². The van der Waals surface area contributed by atoms with Crippen LogP contribution in [0.25, 0.3) is 0 Å². The summed E-state index contributed by atoms with van der Waals surface area (Å²) in [6.07, 6.45) is 2.75. The number of halogens is 2. The van der Waals surface area contributed by atoms with E-state index in [4.69, 9.17) is 27.7 Å². The van der Waals surface area contributed by atoms with E-state index in [2.05, 4.69) is 30.9 Å². The quantitative estimate of drug-likeness (QED) is 0.793. The van der Waals surface area contributed by atoms with E-state index in [1.165, 1.54) is 0 Å². The topological polar surface area (TPSA) is 38.9 Å². The van der Waals surface area contributed by atoms with Crippen molar-refractivity contribution in [3.63, 3.8) is 0 Å². The summed E-state index contributed by atoms with van der Waals surface area (Å²) in [6, 6.07) is 5.60. The highest BCUT2D eigenvalue weighted by molar-refractivity contribution is 6.35. The van der Waals surface area contributed by atoms with E-state index in [1.807, 2.05) is 12.1 Å². The van der Waals surface area contributed by atoms with Crippen LogP contribution in [0.1, 0.15) is 50.9 Å². The van der Waals surface area contributed by atoms with Crippen LogP contribution in [0.15, 0.2) is 22.7 Å². The maximum absolute atomic E-state index is 6.35. The van der Waals surface area contributed by atoms with Gasteiger partial charge in [0.2, 0.25) is 5.89 Å². The molecule has 1 aliphatic rings. The molecule has 1 saturated carbocycles. The lowest BCUT2D eigenvalue weighted by molar-refractivity contribution is 0.311. The van der Waals surface area contributed by atoms with Crippen LogP contribution in [-0.4, -0.2) is 10.1 Å². The normalized spacial score (nSPS) is 17.0. The maximum atomic E-state index is 6.35. The number of rotatable bonds is 3. The number of aromatic nitrogens is 2. The second-order valence-corrected chi connectivity index (χ2v) is 7.80. The van der Waals surface area contributed by atoms with Gasteiger partial charge in [-0.15, -0.1) is 0 Å². The Morgan fingerprint density at radius 1 is 1.24 bits per heavy atom. The number of hydrogen-bond acceptors (Lipinski definition) is 3. The molecular weight excluding hydrogens is 307 g/mol. The van der Waals surface area contributed by atoms with Gasteiger partial charge in [-0.2, -0.15) is 4.98 Å². The van der Waals surface area contributed by atoms with Crippen LogP contribution in [0.5, 0.6) is 0 Å². The van der Waals surface area contributed by atoms with Crippen molar-refractivity contribution in [3.8, 4) is 0 Å². The van der Waals surface area contributed by atoms with Crippen LogP contribution in [0.4, 0.5) is 0 Å². The summed E-state index contributed by atoms with van der Waals surface area (Å²) in [5.74, 6) is 1.43. The first-order chi connectivity index (χ1) is 9.80. The predicted molar refractivity (Wildman–Crippen MR) is 83.9 cm³/mol. The summed E-state index contributed by atoms with van der Waals surface area (Å²) in [7, 11) is 0. The smallest absolute Gasteiger partial charge is 0.227 e. The summed E-state index contributed by atoms with van der Waals surface area (Å²) < 4.78 is 5.42. The lowest BCUT2D eigenvalue weighted by Gasteiger charge is -2.14. The van der Waals surface area contributed by atoms with Gasteiger partial charge in [-0.1, -0.05) is 55.2 Å². The summed E-state index contributed by atoms with van der Waals surface area (Å²) in [5, 5.41) is 5.51. The second-order valence-electron chi connectivity index (χ2n) is 6.96. The molecule has 1 fully saturated rings. The van der Waals surface area contributed by atoms with E-state index in [0.717, 1.165) is 30.7 Å². The zero-order valence-corrected chi connectivity index (χ0v) is 13.9. The molecule has 0 bridgehead atoms. The standard InChI is InChI=1S/C16H18Cl2N2O/c1-15(2,3)9-13-19-14(20-21-13)16(6-7-16)11-5-4-10(17)8-12(11)18/h4-5,8H,6-7,9H2,1-3H3. The molecule has 5 heteroatoms. The van der Waals surface area contributed by atoms with Gasteiger partial charge in [0.05, 0.1) is 5.41 Å². The number of hydrogen-bond donors (Lipinski definition) is 0. The average Bonchev–Trinajstić information content (AvgIpc) is 3.02. The molecule has 0 saturated heterocycles. The summed E-state index contributed by atoms with van der Waals surface area (Å²) >= 11 is 12.3. The van der Waals surface area contributed by atoms with Gasteiger partial charge in [-0.3, -0.25) is 0 Å². The van der Waals surface area contributed by atoms with E-state index in [0.29, 0.717) is 15.9 Å². The molecule has 1 heterocycles. The van der Waals surface area contributed by atoms with E-state index in [1.54, 1.807) is 6.07 Å². The third-order valence-corrected chi connectivity index (χ3v) is 4.32. The highest BCUT2D eigenvalue weighted by atomic mass is 35.5. The van der Waals surface area contributed by atoms with Crippen molar-refractivity contribution in [1.29, 1.82) is 0 Å². The SMILES string of the molecule is CC(C)(C)Cc1nc(C2(c3ccc(Cl)cc3Cl)CC2)no1. The van der Waals surface area contributed by atoms with Gasteiger partial charge >= 0.3 is 0 Å². The Labute approximate surface area is 134 Å². The van der Waals surface area contributed by atoms with E-state index >= 15 is 0 Å². The molecule has 1 aromatic heterocycles. The van der Waals surface area contributed by atoms with E-state index in [-0.39, 0.29) is 10.8 Å². The Hall–Kier alpha value is -1.06. The van der Waals surface area contributed by atoms with E-state index in [9.17, 15) is 0 Å². The molecule has 0 spiro atoms. The first-order valence-corrected chi connectivity index (χ1v) is 7.84. The minimum atomic E-state index is -0.193. The van der Waals surface area contributed by atoms with Gasteiger partial charge in [0.1, 0.15) is 0 Å². The van der Waals surface area contributed by atoms with Crippen LogP contribution in [0, 0.1) is 5.41 Å². The summed E-state index contributed by atoms with van der Waals surface area (Å²) in [5.41, 5.74) is 0.969. The van der Waals surface area contributed by atoms with E-state index < -0.39 is 0 Å². The third-order valence-electron chi connectivity index (χ3n) is 3.77. The Balaban J connectivity index is 1.93. The van der Waals surface area contributed by atoms with Crippen molar-refractivity contribution in [2.45, 2.75) is 45.4 Å². The Kier molecular flexibility index (Phi) is 3.53. The Morgan fingerprint density at radius 2 is 1.95 bits per heavy atom. The lowest BCUT2D eigenvalue weighted by Crippen LogP contribution is -2.13. The highest BCUT2D eigenvalue weighted by Crippen LogP contribution is 2.54. The molecule has 0 unspecified atom stereocenters. The Bertz CT molecular complexity index is 669. The molecular formula is C16H18Cl2N2O. The van der Waals surface area contributed by atoms with Crippen molar-refractivity contribution in [2.75, 3.05) is 0 Å². The van der Waals surface area contributed by atoms with Crippen LogP contribution < -0.4 is 0 Å². The fourth-order valence-corrected chi connectivity index (χ4v) is 3.18. The fourth-order valence-electron chi connectivity index (χ4n) is 2.59. The first-order valence-electron chi connectivity index (χ1n) is 7.09. The number of nitrogens with zero attached hydrogens (tertiary/aromatic N) is 2. The van der Waals surface area contributed by atoms with Gasteiger partial charge in [-0.05, 0) is 36.0 Å². The first kappa shape index (κ1) is 14.9. The van der Waals surface area contributed by atoms with Gasteiger partial charge in [0.25, 0.3) is 0 Å². The monoisotopic (exact) mass is 324 g/mol. The van der Waals surface area contributed by atoms with Gasteiger partial charge < -0.3 is 4.52 Å². The molecule has 0 atom stereocenters. The Morgan fingerprint density at radius 3 is 2.52 bits per heavy atom. The molecule has 3 nitrogen and oxygen atoms in total. The zero-order valence-electron chi connectivity index (χ0n) is 12.4. The average molecular weight is 325 g/mol. The van der Waals surface area contributed by atoms with Crippen LogP contribution in [0.2, 0.25) is 10.0 Å². The van der Waals surface area contributed by atoms with Gasteiger partial charge in [0.15, 0.2) is 5.82 Å². The van der Waals surface area contributed by atoms with Crippen molar-refractivity contribution in [1.82, 2.24) is 10.1 Å². The largest absolute Gasteiger partial charge is 0.339 e. The molecule has 3 rings (SSSR count). The van der Waals surface area contributed by atoms with Crippen molar-refractivity contribution in [3.05, 3.63) is 45.5 Å². The number of benzene rings is 1. The molecule has 0 amide bonds. The molecule has 0 N–H and O–H groups in total. The lowest BCUT2D eigenvalue weighted by atomic mass is 9.92. The van der Waals surface area contributed by atoms with Crippen LogP contribution >= 0.6 is 23.2 Å². The molecule has 21 heavy (non-hydrogen) atoms. The summed E-state index contributed by atoms with van der Waals surface area (Å²) in [4.78, 5) is 4.60. The second kappa shape index (κ2) is 4.99. The molecule has 1 aliphatic carbocycles. The zero-order chi connectivity index (χ0) is 15.3. The van der Waals surface area contributed by atoms with Crippen molar-refractivity contribution < 1.29 is 4.52 Å². The summed E-state index contributed by atoms with van der Waals surface area (Å²) in [6.45, 7) is 6.46. The maximum Gasteiger partial charge on any atom is 0.227 e.